The van der Waals surface area contributed by atoms with Crippen LogP contribution < -0.4 is 5.73 Å². The van der Waals surface area contributed by atoms with E-state index in [4.69, 9.17) is 10.5 Å². The topological polar surface area (TPSA) is 86.5 Å². The van der Waals surface area contributed by atoms with Crippen LogP contribution in [0.4, 0.5) is 0 Å². The Morgan fingerprint density at radius 2 is 1.73 bits per heavy atom. The SMILES string of the molecule is CC(C(=O)OC(C)(C)C)[C@H](N)S(C)(=O)=O. The van der Waals surface area contributed by atoms with Gasteiger partial charge in [0.25, 0.3) is 0 Å². The molecule has 0 saturated carbocycles. The molecule has 1 unspecified atom stereocenters. The molecule has 0 rings (SSSR count). The molecule has 0 heterocycles. The maximum atomic E-state index is 11.5. The van der Waals surface area contributed by atoms with E-state index >= 15 is 0 Å². The molecular formula is C9H19NO4S. The summed E-state index contributed by atoms with van der Waals surface area (Å²) in [6, 6.07) is 0. The van der Waals surface area contributed by atoms with Crippen LogP contribution in [0.5, 0.6) is 0 Å². The highest BCUT2D eigenvalue weighted by Crippen LogP contribution is 2.14. The Hall–Kier alpha value is -0.620. The van der Waals surface area contributed by atoms with Crippen molar-refractivity contribution in [3.8, 4) is 0 Å². The molecular weight excluding hydrogens is 218 g/mol. The summed E-state index contributed by atoms with van der Waals surface area (Å²) >= 11 is 0. The summed E-state index contributed by atoms with van der Waals surface area (Å²) in [6.45, 7) is 6.58. The highest BCUT2D eigenvalue weighted by atomic mass is 32.2. The quantitative estimate of drug-likeness (QED) is 0.713. The van der Waals surface area contributed by atoms with Crippen molar-refractivity contribution in [1.29, 1.82) is 0 Å². The van der Waals surface area contributed by atoms with Crippen LogP contribution >= 0.6 is 0 Å². The molecule has 15 heavy (non-hydrogen) atoms. The van der Waals surface area contributed by atoms with Crippen molar-refractivity contribution in [2.75, 3.05) is 6.26 Å². The smallest absolute Gasteiger partial charge is 0.311 e. The fraction of sp³-hybridized carbons (Fsp3) is 0.889. The van der Waals surface area contributed by atoms with E-state index in [1.165, 1.54) is 6.92 Å². The molecule has 90 valence electrons. The molecule has 0 aliphatic heterocycles. The molecule has 0 spiro atoms. The number of esters is 1. The Labute approximate surface area is 90.9 Å². The number of sulfone groups is 1. The molecule has 2 atom stereocenters. The van der Waals surface area contributed by atoms with Gasteiger partial charge in [0.15, 0.2) is 9.84 Å². The van der Waals surface area contributed by atoms with Gasteiger partial charge in [-0.3, -0.25) is 4.79 Å². The average Bonchev–Trinajstić information content (AvgIpc) is 1.96. The summed E-state index contributed by atoms with van der Waals surface area (Å²) in [5.74, 6) is -1.46. The molecule has 0 radical (unpaired) electrons. The van der Waals surface area contributed by atoms with Crippen LogP contribution in [0.3, 0.4) is 0 Å². The van der Waals surface area contributed by atoms with Gasteiger partial charge in [-0.25, -0.2) is 8.42 Å². The molecule has 0 amide bonds. The third-order valence-corrected chi connectivity index (χ3v) is 3.16. The summed E-state index contributed by atoms with van der Waals surface area (Å²) in [5, 5.41) is -1.22. The van der Waals surface area contributed by atoms with E-state index in [0.29, 0.717) is 0 Å². The summed E-state index contributed by atoms with van der Waals surface area (Å²) in [4.78, 5) is 11.5. The number of hydrogen-bond donors (Lipinski definition) is 1. The third-order valence-electron chi connectivity index (χ3n) is 1.77. The number of carbonyl (C=O) groups excluding carboxylic acids is 1. The molecule has 0 aromatic carbocycles. The molecule has 2 N–H and O–H groups in total. The summed E-state index contributed by atoms with van der Waals surface area (Å²) in [7, 11) is -3.43. The van der Waals surface area contributed by atoms with E-state index < -0.39 is 32.7 Å². The van der Waals surface area contributed by atoms with E-state index in [-0.39, 0.29) is 0 Å². The van der Waals surface area contributed by atoms with Crippen LogP contribution in [-0.4, -0.2) is 31.6 Å². The molecule has 6 heteroatoms. The number of rotatable bonds is 3. The Balaban J connectivity index is 4.61. The van der Waals surface area contributed by atoms with Gasteiger partial charge in [0.2, 0.25) is 0 Å². The first kappa shape index (κ1) is 14.4. The van der Waals surface area contributed by atoms with Gasteiger partial charge in [0.1, 0.15) is 11.0 Å². The first-order chi connectivity index (χ1) is 6.45. The Morgan fingerprint density at radius 3 is 2.00 bits per heavy atom. The van der Waals surface area contributed by atoms with Gasteiger partial charge in [0, 0.05) is 6.26 Å². The fourth-order valence-electron chi connectivity index (χ4n) is 0.900. The van der Waals surface area contributed by atoms with E-state index in [2.05, 4.69) is 0 Å². The van der Waals surface area contributed by atoms with Crippen molar-refractivity contribution in [3.63, 3.8) is 0 Å². The number of ether oxygens (including phenoxy) is 1. The fourth-order valence-corrected chi connectivity index (χ4v) is 1.75. The lowest BCUT2D eigenvalue weighted by Gasteiger charge is -2.24. The zero-order chi connectivity index (χ0) is 12.4. The standard InChI is InChI=1S/C9H19NO4S/c1-6(7(10)15(5,12)13)8(11)14-9(2,3)4/h6-7H,10H2,1-5H3/t6?,7-/m1/s1. The lowest BCUT2D eigenvalue weighted by molar-refractivity contribution is -0.159. The number of nitrogens with two attached hydrogens (primary N) is 1. The molecule has 0 saturated heterocycles. The van der Waals surface area contributed by atoms with Gasteiger partial charge in [-0.15, -0.1) is 0 Å². The minimum Gasteiger partial charge on any atom is -0.460 e. The predicted molar refractivity (Wildman–Crippen MR) is 57.8 cm³/mol. The van der Waals surface area contributed by atoms with E-state index in [0.717, 1.165) is 6.26 Å². The zero-order valence-corrected chi connectivity index (χ0v) is 10.6. The second-order valence-electron chi connectivity index (χ2n) is 4.62. The maximum absolute atomic E-state index is 11.5. The minimum atomic E-state index is -3.43. The summed E-state index contributed by atoms with van der Waals surface area (Å²) in [6.07, 6.45) is 0.999. The summed E-state index contributed by atoms with van der Waals surface area (Å²) in [5.41, 5.74) is 4.79. The maximum Gasteiger partial charge on any atom is 0.311 e. The molecule has 5 nitrogen and oxygen atoms in total. The average molecular weight is 237 g/mol. The Kier molecular flexibility index (Phi) is 4.30. The highest BCUT2D eigenvalue weighted by molar-refractivity contribution is 7.91. The van der Waals surface area contributed by atoms with Crippen molar-refractivity contribution in [2.24, 2.45) is 11.7 Å². The van der Waals surface area contributed by atoms with Crippen molar-refractivity contribution < 1.29 is 17.9 Å². The van der Waals surface area contributed by atoms with E-state index in [1.54, 1.807) is 20.8 Å². The van der Waals surface area contributed by atoms with Crippen molar-refractivity contribution >= 4 is 15.8 Å². The second kappa shape index (κ2) is 4.49. The van der Waals surface area contributed by atoms with Gasteiger partial charge >= 0.3 is 5.97 Å². The van der Waals surface area contributed by atoms with Gasteiger partial charge < -0.3 is 10.5 Å². The first-order valence-electron chi connectivity index (χ1n) is 4.62. The molecule has 0 bridgehead atoms. The van der Waals surface area contributed by atoms with Gasteiger partial charge in [-0.05, 0) is 27.7 Å². The number of hydrogen-bond acceptors (Lipinski definition) is 5. The molecule has 0 aromatic rings. The monoisotopic (exact) mass is 237 g/mol. The van der Waals surface area contributed by atoms with Crippen LogP contribution in [0.15, 0.2) is 0 Å². The van der Waals surface area contributed by atoms with Gasteiger partial charge in [-0.2, -0.15) is 0 Å². The first-order valence-corrected chi connectivity index (χ1v) is 6.58. The molecule has 0 fully saturated rings. The molecule has 0 aliphatic rings. The van der Waals surface area contributed by atoms with Crippen LogP contribution in [0.1, 0.15) is 27.7 Å². The zero-order valence-electron chi connectivity index (χ0n) is 9.77. The predicted octanol–water partition coefficient (Wildman–Crippen LogP) is 0.294. The Bertz CT molecular complexity index is 329. The Morgan fingerprint density at radius 1 is 1.33 bits per heavy atom. The van der Waals surface area contributed by atoms with E-state index in [1.807, 2.05) is 0 Å². The van der Waals surface area contributed by atoms with Crippen molar-refractivity contribution in [1.82, 2.24) is 0 Å². The molecule has 0 aliphatic carbocycles. The molecule has 0 aromatic heterocycles. The van der Waals surface area contributed by atoms with Crippen molar-refractivity contribution in [2.45, 2.75) is 38.7 Å². The second-order valence-corrected chi connectivity index (χ2v) is 6.82. The van der Waals surface area contributed by atoms with Gasteiger partial charge in [0.05, 0.1) is 5.92 Å². The number of carbonyl (C=O) groups is 1. The van der Waals surface area contributed by atoms with E-state index in [9.17, 15) is 13.2 Å². The summed E-state index contributed by atoms with van der Waals surface area (Å²) < 4.78 is 27.3. The van der Waals surface area contributed by atoms with Crippen molar-refractivity contribution in [3.05, 3.63) is 0 Å². The minimum absolute atomic E-state index is 0.597. The third kappa shape index (κ3) is 5.13. The van der Waals surface area contributed by atoms with Crippen LogP contribution in [0.25, 0.3) is 0 Å². The lowest BCUT2D eigenvalue weighted by Crippen LogP contribution is -2.42. The van der Waals surface area contributed by atoms with Crippen LogP contribution in [0, 0.1) is 5.92 Å². The normalized spacial score (nSPS) is 16.9. The highest BCUT2D eigenvalue weighted by Gasteiger charge is 2.31. The largest absolute Gasteiger partial charge is 0.460 e. The van der Waals surface area contributed by atoms with Crippen LogP contribution in [0.2, 0.25) is 0 Å². The lowest BCUT2D eigenvalue weighted by atomic mass is 10.1. The van der Waals surface area contributed by atoms with Crippen LogP contribution in [-0.2, 0) is 19.4 Å². The van der Waals surface area contributed by atoms with Gasteiger partial charge in [-0.1, -0.05) is 0 Å².